The van der Waals surface area contributed by atoms with Crippen LogP contribution in [0.15, 0.2) is 0 Å². The molecule has 1 N–H and O–H groups in total. The molecule has 4 heteroatoms. The van der Waals surface area contributed by atoms with Crippen LogP contribution in [0.1, 0.15) is 32.6 Å². The van der Waals surface area contributed by atoms with Crippen molar-refractivity contribution in [3.05, 3.63) is 0 Å². The maximum atomic E-state index is 11.9. The van der Waals surface area contributed by atoms with Crippen molar-refractivity contribution in [3.63, 3.8) is 0 Å². The summed E-state index contributed by atoms with van der Waals surface area (Å²) in [5.74, 6) is -0.736. The van der Waals surface area contributed by atoms with Gasteiger partial charge in [-0.15, -0.1) is 0 Å². The molecule has 1 aliphatic heterocycles. The predicted molar refractivity (Wildman–Crippen MR) is 58.8 cm³/mol. The second-order valence-corrected chi connectivity index (χ2v) is 5.01. The van der Waals surface area contributed by atoms with Crippen LogP contribution >= 0.6 is 0 Å². The Morgan fingerprint density at radius 3 is 2.69 bits per heavy atom. The van der Waals surface area contributed by atoms with Crippen LogP contribution in [0.3, 0.4) is 0 Å². The quantitative estimate of drug-likeness (QED) is 0.785. The molecule has 1 saturated carbocycles. The lowest BCUT2D eigenvalue weighted by molar-refractivity contribution is -0.141. The summed E-state index contributed by atoms with van der Waals surface area (Å²) in [6.45, 7) is 3.83. The number of carbonyl (C=O) groups is 2. The third-order valence-electron chi connectivity index (χ3n) is 3.72. The van der Waals surface area contributed by atoms with Gasteiger partial charge in [-0.25, -0.2) is 0 Å². The number of nitrogens with zero attached hydrogens (tertiary/aromatic N) is 1. The molecule has 3 atom stereocenters. The van der Waals surface area contributed by atoms with E-state index < -0.39 is 11.9 Å². The number of hydrogen-bond acceptors (Lipinski definition) is 2. The molecule has 1 saturated heterocycles. The Kier molecular flexibility index (Phi) is 3.17. The average molecular weight is 225 g/mol. The smallest absolute Gasteiger partial charge is 0.307 e. The molecule has 0 aromatic carbocycles. The van der Waals surface area contributed by atoms with Crippen LogP contribution in [0.4, 0.5) is 0 Å². The number of carbonyl (C=O) groups excluding carboxylic acids is 1. The monoisotopic (exact) mass is 225 g/mol. The Balaban J connectivity index is 1.82. The molecule has 90 valence electrons. The SMILES string of the molecule is CCCC1CCN(C(=O)[C@@H]2C[C@@H]2C(=O)O)C1. The zero-order valence-corrected chi connectivity index (χ0v) is 9.69. The number of hydrogen-bond donors (Lipinski definition) is 1. The van der Waals surface area contributed by atoms with Crippen molar-refractivity contribution < 1.29 is 14.7 Å². The van der Waals surface area contributed by atoms with Crippen LogP contribution in [-0.2, 0) is 9.59 Å². The van der Waals surface area contributed by atoms with E-state index in [2.05, 4.69) is 6.92 Å². The molecular weight excluding hydrogens is 206 g/mol. The van der Waals surface area contributed by atoms with E-state index in [1.807, 2.05) is 4.90 Å². The van der Waals surface area contributed by atoms with E-state index in [0.717, 1.165) is 25.9 Å². The van der Waals surface area contributed by atoms with Crippen molar-refractivity contribution in [3.8, 4) is 0 Å². The van der Waals surface area contributed by atoms with Gasteiger partial charge >= 0.3 is 5.97 Å². The van der Waals surface area contributed by atoms with Gasteiger partial charge in [0.25, 0.3) is 0 Å². The number of carboxylic acid groups (broad SMARTS) is 1. The van der Waals surface area contributed by atoms with E-state index in [1.165, 1.54) is 6.42 Å². The van der Waals surface area contributed by atoms with Gasteiger partial charge in [-0.1, -0.05) is 13.3 Å². The lowest BCUT2D eigenvalue weighted by atomic mass is 10.0. The molecule has 0 aromatic heterocycles. The van der Waals surface area contributed by atoms with Gasteiger partial charge in [0.15, 0.2) is 0 Å². The van der Waals surface area contributed by atoms with Crippen molar-refractivity contribution in [1.82, 2.24) is 4.90 Å². The first-order chi connectivity index (χ1) is 7.63. The summed E-state index contributed by atoms with van der Waals surface area (Å²) in [6.07, 6.45) is 3.97. The number of rotatable bonds is 4. The van der Waals surface area contributed by atoms with Crippen molar-refractivity contribution in [2.24, 2.45) is 17.8 Å². The molecule has 1 amide bonds. The molecule has 2 fully saturated rings. The van der Waals surface area contributed by atoms with E-state index in [0.29, 0.717) is 12.3 Å². The molecule has 2 rings (SSSR count). The molecule has 1 aliphatic carbocycles. The second kappa shape index (κ2) is 4.44. The van der Waals surface area contributed by atoms with Crippen LogP contribution in [-0.4, -0.2) is 35.0 Å². The van der Waals surface area contributed by atoms with Gasteiger partial charge in [-0.2, -0.15) is 0 Å². The Hall–Kier alpha value is -1.06. The summed E-state index contributed by atoms with van der Waals surface area (Å²) in [7, 11) is 0. The standard InChI is InChI=1S/C12H19NO3/c1-2-3-8-4-5-13(7-8)11(14)9-6-10(9)12(15)16/h8-10H,2-7H2,1H3,(H,15,16)/t8?,9-,10+/m1/s1. The molecule has 2 aliphatic rings. The normalized spacial score (nSPS) is 32.8. The molecule has 0 bridgehead atoms. The maximum absolute atomic E-state index is 11.9. The third-order valence-corrected chi connectivity index (χ3v) is 3.72. The van der Waals surface area contributed by atoms with Crippen molar-refractivity contribution in [1.29, 1.82) is 0 Å². The van der Waals surface area contributed by atoms with Gasteiger partial charge in [0, 0.05) is 13.1 Å². The fourth-order valence-corrected chi connectivity index (χ4v) is 2.65. The van der Waals surface area contributed by atoms with Crippen LogP contribution in [0.5, 0.6) is 0 Å². The first-order valence-electron chi connectivity index (χ1n) is 6.15. The summed E-state index contributed by atoms with van der Waals surface area (Å²) in [4.78, 5) is 24.5. The fourth-order valence-electron chi connectivity index (χ4n) is 2.65. The van der Waals surface area contributed by atoms with Gasteiger partial charge in [-0.05, 0) is 25.2 Å². The summed E-state index contributed by atoms with van der Waals surface area (Å²) in [5, 5.41) is 8.78. The Labute approximate surface area is 95.6 Å². The third kappa shape index (κ3) is 2.20. The summed E-state index contributed by atoms with van der Waals surface area (Å²) in [6, 6.07) is 0. The van der Waals surface area contributed by atoms with Gasteiger partial charge in [0.1, 0.15) is 0 Å². The summed E-state index contributed by atoms with van der Waals surface area (Å²) >= 11 is 0. The van der Waals surface area contributed by atoms with Crippen molar-refractivity contribution in [2.45, 2.75) is 32.6 Å². The topological polar surface area (TPSA) is 57.6 Å². The summed E-state index contributed by atoms with van der Waals surface area (Å²) in [5.41, 5.74) is 0. The molecule has 1 unspecified atom stereocenters. The lowest BCUT2D eigenvalue weighted by Gasteiger charge is -2.16. The first-order valence-corrected chi connectivity index (χ1v) is 6.15. The molecular formula is C12H19NO3. The predicted octanol–water partition coefficient (Wildman–Crippen LogP) is 1.36. The minimum atomic E-state index is -0.817. The van der Waals surface area contributed by atoms with E-state index in [1.54, 1.807) is 0 Å². The number of aliphatic carboxylic acids is 1. The fraction of sp³-hybridized carbons (Fsp3) is 0.833. The second-order valence-electron chi connectivity index (χ2n) is 5.01. The van der Waals surface area contributed by atoms with E-state index >= 15 is 0 Å². The maximum Gasteiger partial charge on any atom is 0.307 e. The van der Waals surface area contributed by atoms with Crippen molar-refractivity contribution >= 4 is 11.9 Å². The Morgan fingerprint density at radius 2 is 2.12 bits per heavy atom. The number of amides is 1. The average Bonchev–Trinajstić information content (AvgIpc) is 2.92. The molecule has 0 aromatic rings. The molecule has 0 radical (unpaired) electrons. The highest BCUT2D eigenvalue weighted by atomic mass is 16.4. The highest BCUT2D eigenvalue weighted by Gasteiger charge is 2.50. The number of carboxylic acids is 1. The zero-order valence-electron chi connectivity index (χ0n) is 9.69. The van der Waals surface area contributed by atoms with Gasteiger partial charge in [-0.3, -0.25) is 9.59 Å². The largest absolute Gasteiger partial charge is 0.481 e. The van der Waals surface area contributed by atoms with Crippen LogP contribution in [0.2, 0.25) is 0 Å². The van der Waals surface area contributed by atoms with Crippen molar-refractivity contribution in [2.75, 3.05) is 13.1 Å². The summed E-state index contributed by atoms with van der Waals surface area (Å²) < 4.78 is 0. The lowest BCUT2D eigenvalue weighted by Crippen LogP contribution is -2.31. The molecule has 0 spiro atoms. The zero-order chi connectivity index (χ0) is 11.7. The Morgan fingerprint density at radius 1 is 1.38 bits per heavy atom. The number of likely N-dealkylation sites (tertiary alicyclic amines) is 1. The van der Waals surface area contributed by atoms with Crippen LogP contribution < -0.4 is 0 Å². The van der Waals surface area contributed by atoms with Gasteiger partial charge < -0.3 is 10.0 Å². The first kappa shape index (κ1) is 11.4. The molecule has 1 heterocycles. The van der Waals surface area contributed by atoms with E-state index in [-0.39, 0.29) is 11.8 Å². The Bertz CT molecular complexity index is 303. The molecule has 4 nitrogen and oxygen atoms in total. The highest BCUT2D eigenvalue weighted by Crippen LogP contribution is 2.41. The minimum absolute atomic E-state index is 0.0750. The minimum Gasteiger partial charge on any atom is -0.481 e. The van der Waals surface area contributed by atoms with E-state index in [9.17, 15) is 9.59 Å². The van der Waals surface area contributed by atoms with Crippen LogP contribution in [0, 0.1) is 17.8 Å². The highest BCUT2D eigenvalue weighted by molar-refractivity contribution is 5.89. The molecule has 16 heavy (non-hydrogen) atoms. The van der Waals surface area contributed by atoms with Gasteiger partial charge in [0.05, 0.1) is 11.8 Å². The van der Waals surface area contributed by atoms with Crippen LogP contribution in [0.25, 0.3) is 0 Å². The van der Waals surface area contributed by atoms with Gasteiger partial charge in [0.2, 0.25) is 5.91 Å². The van der Waals surface area contributed by atoms with E-state index in [4.69, 9.17) is 5.11 Å².